The maximum atomic E-state index is 4.16. The Balaban J connectivity index is 3.30. The maximum Gasteiger partial charge on any atom is 0.166 e. The highest BCUT2D eigenvalue weighted by molar-refractivity contribution is 3.59. The van der Waals surface area contributed by atoms with Gasteiger partial charge in [0.05, 0.1) is 21.3 Å². The van der Waals surface area contributed by atoms with Gasteiger partial charge >= 0.3 is 0 Å². The molecule has 0 fully saturated rings. The molecule has 7 heteroatoms. The van der Waals surface area contributed by atoms with Crippen molar-refractivity contribution in [3.8, 4) is 0 Å². The molecule has 0 aromatic rings. The second kappa shape index (κ2) is 6.83. The third kappa shape index (κ3) is 4.58. The molecule has 0 aliphatic carbocycles. The Kier molecular flexibility index (Phi) is 6.64. The SMILES string of the molecule is COON(OOC)OOC. The molecular weight excluding hydrogens is 146 g/mol. The molecule has 0 radical (unpaired) electrons. The fourth-order valence-electron chi connectivity index (χ4n) is 0.220. The molecule has 0 atom stereocenters. The molecule has 0 aromatic heterocycles. The lowest BCUT2D eigenvalue weighted by atomic mass is 11.8. The standard InChI is InChI=1S/C3H9NO6/c1-5-8-4(9-6-2)10-7-3/h1-3H3. The van der Waals surface area contributed by atoms with Gasteiger partial charge in [0.25, 0.3) is 0 Å². The van der Waals surface area contributed by atoms with Crippen LogP contribution in [0.3, 0.4) is 0 Å². The van der Waals surface area contributed by atoms with Crippen molar-refractivity contribution < 1.29 is 29.6 Å². The van der Waals surface area contributed by atoms with Gasteiger partial charge in [-0.3, -0.25) is 0 Å². The molecule has 0 saturated carbocycles. The number of hydrogen-bond acceptors (Lipinski definition) is 7. The average Bonchev–Trinajstić information content (AvgIpc) is 1.90. The van der Waals surface area contributed by atoms with Crippen LogP contribution in [0.1, 0.15) is 0 Å². The summed E-state index contributed by atoms with van der Waals surface area (Å²) in [5.41, 5.74) is 0. The lowest BCUT2D eigenvalue weighted by molar-refractivity contribution is -0.733. The van der Waals surface area contributed by atoms with Crippen molar-refractivity contribution >= 4 is 0 Å². The molecule has 0 aliphatic rings. The first-order chi connectivity index (χ1) is 4.85. The first kappa shape index (κ1) is 9.72. The molecule has 0 bridgehead atoms. The highest BCUT2D eigenvalue weighted by atomic mass is 17.6. The first-order valence-electron chi connectivity index (χ1n) is 2.27. The van der Waals surface area contributed by atoms with Crippen molar-refractivity contribution in [2.24, 2.45) is 0 Å². The van der Waals surface area contributed by atoms with Crippen LogP contribution in [-0.4, -0.2) is 26.7 Å². The third-order valence-electron chi connectivity index (χ3n) is 0.406. The van der Waals surface area contributed by atoms with E-state index in [9.17, 15) is 0 Å². The molecular formula is C3H9NO6. The smallest absolute Gasteiger partial charge is 0.166 e. The van der Waals surface area contributed by atoms with Gasteiger partial charge < -0.3 is 0 Å². The minimum atomic E-state index is 0.375. The van der Waals surface area contributed by atoms with E-state index in [1.54, 1.807) is 0 Å². The topological polar surface area (TPSA) is 58.6 Å². The Morgan fingerprint density at radius 1 is 0.700 bits per heavy atom. The van der Waals surface area contributed by atoms with Crippen molar-refractivity contribution in [3.63, 3.8) is 0 Å². The number of rotatable bonds is 6. The second-order valence-electron chi connectivity index (χ2n) is 0.947. The monoisotopic (exact) mass is 155 g/mol. The zero-order valence-corrected chi connectivity index (χ0v) is 5.90. The van der Waals surface area contributed by atoms with Crippen LogP contribution in [0.2, 0.25) is 0 Å². The quantitative estimate of drug-likeness (QED) is 0.387. The predicted octanol–water partition coefficient (Wildman–Crippen LogP) is -0.233. The van der Waals surface area contributed by atoms with E-state index in [1.807, 2.05) is 0 Å². The van der Waals surface area contributed by atoms with Crippen molar-refractivity contribution in [1.29, 1.82) is 0 Å². The van der Waals surface area contributed by atoms with Crippen molar-refractivity contribution in [2.45, 2.75) is 0 Å². The molecule has 62 valence electrons. The zero-order chi connectivity index (χ0) is 7.82. The van der Waals surface area contributed by atoms with Crippen LogP contribution in [-0.2, 0) is 29.6 Å². The average molecular weight is 155 g/mol. The molecule has 0 saturated heterocycles. The summed E-state index contributed by atoms with van der Waals surface area (Å²) in [4.78, 5) is 24.9. The minimum absolute atomic E-state index is 0.375. The fourth-order valence-corrected chi connectivity index (χ4v) is 0.220. The zero-order valence-electron chi connectivity index (χ0n) is 5.90. The summed E-state index contributed by atoms with van der Waals surface area (Å²) in [5, 5.41) is 0.375. The molecule has 0 aromatic carbocycles. The van der Waals surface area contributed by atoms with E-state index < -0.39 is 0 Å². The molecule has 0 N–H and O–H groups in total. The van der Waals surface area contributed by atoms with Crippen molar-refractivity contribution in [1.82, 2.24) is 5.39 Å². The predicted molar refractivity (Wildman–Crippen MR) is 26.1 cm³/mol. The highest BCUT2D eigenvalue weighted by Gasteiger charge is 2.07. The number of hydrogen-bond donors (Lipinski definition) is 0. The van der Waals surface area contributed by atoms with E-state index >= 15 is 0 Å². The summed E-state index contributed by atoms with van der Waals surface area (Å²) in [6, 6.07) is 0. The summed E-state index contributed by atoms with van der Waals surface area (Å²) < 4.78 is 0. The lowest BCUT2D eigenvalue weighted by Crippen LogP contribution is -2.23. The van der Waals surface area contributed by atoms with Gasteiger partial charge in [0, 0.05) is 0 Å². The summed E-state index contributed by atoms with van der Waals surface area (Å²) >= 11 is 0. The van der Waals surface area contributed by atoms with Crippen LogP contribution in [0.4, 0.5) is 0 Å². The summed E-state index contributed by atoms with van der Waals surface area (Å²) in [5.74, 6) is 0. The second-order valence-corrected chi connectivity index (χ2v) is 0.947. The van der Waals surface area contributed by atoms with E-state index in [0.29, 0.717) is 5.39 Å². The first-order valence-corrected chi connectivity index (χ1v) is 2.27. The highest BCUT2D eigenvalue weighted by Crippen LogP contribution is 1.93. The van der Waals surface area contributed by atoms with E-state index in [1.165, 1.54) is 21.3 Å². The fraction of sp³-hybridized carbons (Fsp3) is 1.00. The minimum Gasteiger partial charge on any atom is -0.217 e. The molecule has 0 unspecified atom stereocenters. The summed E-state index contributed by atoms with van der Waals surface area (Å²) in [6.07, 6.45) is 0. The molecule has 0 spiro atoms. The van der Waals surface area contributed by atoms with E-state index in [-0.39, 0.29) is 0 Å². The Hall–Kier alpha value is -0.280. The van der Waals surface area contributed by atoms with Crippen LogP contribution < -0.4 is 0 Å². The molecule has 0 aliphatic heterocycles. The van der Waals surface area contributed by atoms with Gasteiger partial charge in [-0.2, -0.15) is 0 Å². The Bertz CT molecular complexity index is 55.7. The van der Waals surface area contributed by atoms with Crippen LogP contribution in [0, 0.1) is 0 Å². The largest absolute Gasteiger partial charge is 0.217 e. The van der Waals surface area contributed by atoms with Gasteiger partial charge in [-0.15, -0.1) is 0 Å². The van der Waals surface area contributed by atoms with Crippen LogP contribution >= 0.6 is 0 Å². The van der Waals surface area contributed by atoms with Crippen LogP contribution in [0.5, 0.6) is 0 Å². The van der Waals surface area contributed by atoms with Gasteiger partial charge in [-0.05, 0) is 0 Å². The Labute approximate surface area is 57.6 Å². The van der Waals surface area contributed by atoms with Crippen LogP contribution in [0.15, 0.2) is 0 Å². The molecule has 0 heterocycles. The Morgan fingerprint density at radius 2 is 1.00 bits per heavy atom. The van der Waals surface area contributed by atoms with Crippen LogP contribution in [0.25, 0.3) is 0 Å². The van der Waals surface area contributed by atoms with Gasteiger partial charge in [-0.1, -0.05) is 15.0 Å². The van der Waals surface area contributed by atoms with Crippen molar-refractivity contribution in [2.75, 3.05) is 21.3 Å². The third-order valence-corrected chi connectivity index (χ3v) is 0.406. The normalized spacial score (nSPS) is 10.8. The van der Waals surface area contributed by atoms with E-state index in [2.05, 4.69) is 29.6 Å². The van der Waals surface area contributed by atoms with Gasteiger partial charge in [0.1, 0.15) is 0 Å². The summed E-state index contributed by atoms with van der Waals surface area (Å²) in [7, 11) is 3.76. The lowest BCUT2D eigenvalue weighted by Gasteiger charge is -2.10. The van der Waals surface area contributed by atoms with E-state index in [0.717, 1.165) is 0 Å². The molecule has 10 heavy (non-hydrogen) atoms. The van der Waals surface area contributed by atoms with Gasteiger partial charge in [-0.25, -0.2) is 14.7 Å². The van der Waals surface area contributed by atoms with E-state index in [4.69, 9.17) is 0 Å². The molecule has 0 amide bonds. The van der Waals surface area contributed by atoms with Crippen molar-refractivity contribution in [3.05, 3.63) is 0 Å². The summed E-state index contributed by atoms with van der Waals surface area (Å²) in [6.45, 7) is 0. The molecule has 7 nitrogen and oxygen atoms in total. The molecule has 0 rings (SSSR count). The van der Waals surface area contributed by atoms with Gasteiger partial charge in [0.15, 0.2) is 5.39 Å². The van der Waals surface area contributed by atoms with Gasteiger partial charge in [0.2, 0.25) is 0 Å². The maximum absolute atomic E-state index is 4.16. The Morgan fingerprint density at radius 3 is 1.20 bits per heavy atom. The number of nitrogens with zero attached hydrogens (tertiary/aromatic N) is 1.